The van der Waals surface area contributed by atoms with Crippen molar-refractivity contribution in [1.82, 2.24) is 0 Å². The summed E-state index contributed by atoms with van der Waals surface area (Å²) in [5.41, 5.74) is 5.67. The van der Waals surface area contributed by atoms with Gasteiger partial charge in [0.2, 0.25) is 0 Å². The summed E-state index contributed by atoms with van der Waals surface area (Å²) < 4.78 is 5.40. The van der Waals surface area contributed by atoms with E-state index < -0.39 is 0 Å². The van der Waals surface area contributed by atoms with Crippen molar-refractivity contribution < 1.29 is 9.53 Å². The first-order valence-electron chi connectivity index (χ1n) is 8.64. The van der Waals surface area contributed by atoms with E-state index in [2.05, 4.69) is 13.8 Å². The first-order chi connectivity index (χ1) is 9.74. The van der Waals surface area contributed by atoms with Crippen molar-refractivity contribution >= 4 is 5.97 Å². The molecule has 0 aromatic heterocycles. The van der Waals surface area contributed by atoms with Gasteiger partial charge in [-0.2, -0.15) is 0 Å². The fourth-order valence-electron chi connectivity index (χ4n) is 2.30. The lowest BCUT2D eigenvalue weighted by Gasteiger charge is -2.15. The first kappa shape index (κ1) is 19.4. The van der Waals surface area contributed by atoms with Crippen LogP contribution in [0.5, 0.6) is 0 Å². The number of esters is 1. The standard InChI is InChI=1S/C17H35NO2/c1-3-5-7-8-9-10-11-12-13-16(15-18)20-17(19)14-6-4-2/h16H,3-15,18H2,1-2H3. The number of nitrogens with two attached hydrogens (primary N) is 1. The minimum atomic E-state index is -0.0816. The average Bonchev–Trinajstić information content (AvgIpc) is 2.46. The minimum Gasteiger partial charge on any atom is -0.461 e. The van der Waals surface area contributed by atoms with E-state index in [1.165, 1.54) is 44.9 Å². The van der Waals surface area contributed by atoms with E-state index in [0.29, 0.717) is 13.0 Å². The zero-order valence-electron chi connectivity index (χ0n) is 13.7. The van der Waals surface area contributed by atoms with Crippen LogP contribution in [-0.2, 0) is 9.53 Å². The summed E-state index contributed by atoms with van der Waals surface area (Å²) in [6, 6.07) is 0. The lowest BCUT2D eigenvalue weighted by molar-refractivity contribution is -0.149. The van der Waals surface area contributed by atoms with Gasteiger partial charge in [-0.3, -0.25) is 4.79 Å². The zero-order valence-corrected chi connectivity index (χ0v) is 13.7. The molecule has 3 heteroatoms. The molecule has 1 atom stereocenters. The topological polar surface area (TPSA) is 52.3 Å². The van der Waals surface area contributed by atoms with Gasteiger partial charge in [0.1, 0.15) is 6.10 Å². The molecule has 0 aliphatic rings. The molecule has 120 valence electrons. The summed E-state index contributed by atoms with van der Waals surface area (Å²) in [6.45, 7) is 4.78. The lowest BCUT2D eigenvalue weighted by Crippen LogP contribution is -2.26. The van der Waals surface area contributed by atoms with E-state index in [9.17, 15) is 4.79 Å². The Morgan fingerprint density at radius 2 is 1.45 bits per heavy atom. The second-order valence-electron chi connectivity index (χ2n) is 5.71. The third-order valence-corrected chi connectivity index (χ3v) is 3.68. The Morgan fingerprint density at radius 1 is 0.900 bits per heavy atom. The summed E-state index contributed by atoms with van der Waals surface area (Å²) in [5.74, 6) is -0.0816. The Labute approximate surface area is 125 Å². The largest absolute Gasteiger partial charge is 0.461 e. The van der Waals surface area contributed by atoms with Crippen molar-refractivity contribution in [3.63, 3.8) is 0 Å². The minimum absolute atomic E-state index is 0.0700. The Bertz CT molecular complexity index is 219. The van der Waals surface area contributed by atoms with Crippen LogP contribution in [-0.4, -0.2) is 18.6 Å². The molecule has 20 heavy (non-hydrogen) atoms. The molecule has 0 aliphatic carbocycles. The molecule has 1 unspecified atom stereocenters. The molecular weight excluding hydrogens is 250 g/mol. The van der Waals surface area contributed by atoms with Gasteiger partial charge in [0.25, 0.3) is 0 Å². The Hall–Kier alpha value is -0.570. The second-order valence-corrected chi connectivity index (χ2v) is 5.71. The molecule has 0 aromatic rings. The fraction of sp³-hybridized carbons (Fsp3) is 0.941. The predicted octanol–water partition coefficient (Wildman–Crippen LogP) is 4.58. The van der Waals surface area contributed by atoms with Crippen molar-refractivity contribution in [2.45, 2.75) is 97.0 Å². The van der Waals surface area contributed by atoms with Crippen LogP contribution in [0.25, 0.3) is 0 Å². The normalized spacial score (nSPS) is 12.3. The monoisotopic (exact) mass is 285 g/mol. The van der Waals surface area contributed by atoms with Crippen LogP contribution in [0.1, 0.15) is 90.9 Å². The van der Waals surface area contributed by atoms with Gasteiger partial charge in [0.15, 0.2) is 0 Å². The van der Waals surface area contributed by atoms with Gasteiger partial charge in [0.05, 0.1) is 0 Å². The van der Waals surface area contributed by atoms with Crippen LogP contribution < -0.4 is 5.73 Å². The third-order valence-electron chi connectivity index (χ3n) is 3.68. The van der Waals surface area contributed by atoms with E-state index in [0.717, 1.165) is 25.7 Å². The molecule has 0 bridgehead atoms. The van der Waals surface area contributed by atoms with Gasteiger partial charge in [-0.15, -0.1) is 0 Å². The summed E-state index contributed by atoms with van der Waals surface area (Å²) in [7, 11) is 0. The number of carbonyl (C=O) groups excluding carboxylic acids is 1. The third kappa shape index (κ3) is 12.5. The van der Waals surface area contributed by atoms with E-state index in [1.54, 1.807) is 0 Å². The summed E-state index contributed by atoms with van der Waals surface area (Å²) >= 11 is 0. The first-order valence-corrected chi connectivity index (χ1v) is 8.64. The van der Waals surface area contributed by atoms with Crippen LogP contribution >= 0.6 is 0 Å². The van der Waals surface area contributed by atoms with Crippen LogP contribution in [0.2, 0.25) is 0 Å². The number of unbranched alkanes of at least 4 members (excludes halogenated alkanes) is 8. The zero-order chi connectivity index (χ0) is 15.1. The number of ether oxygens (including phenoxy) is 1. The predicted molar refractivity (Wildman–Crippen MR) is 85.7 cm³/mol. The van der Waals surface area contributed by atoms with Gasteiger partial charge >= 0.3 is 5.97 Å². The SMILES string of the molecule is CCCCCCCCCCC(CN)OC(=O)CCCC. The summed E-state index contributed by atoms with van der Waals surface area (Å²) in [5, 5.41) is 0. The summed E-state index contributed by atoms with van der Waals surface area (Å²) in [4.78, 5) is 11.5. The molecular formula is C17H35NO2. The van der Waals surface area contributed by atoms with E-state index in [1.807, 2.05) is 0 Å². The molecule has 3 nitrogen and oxygen atoms in total. The van der Waals surface area contributed by atoms with Crippen molar-refractivity contribution in [3.05, 3.63) is 0 Å². The molecule has 0 fully saturated rings. The number of hydrogen-bond donors (Lipinski definition) is 1. The highest BCUT2D eigenvalue weighted by molar-refractivity contribution is 5.69. The molecule has 0 saturated carbocycles. The van der Waals surface area contributed by atoms with E-state index >= 15 is 0 Å². The van der Waals surface area contributed by atoms with Gasteiger partial charge in [0, 0.05) is 13.0 Å². The maximum Gasteiger partial charge on any atom is 0.306 e. The molecule has 0 saturated heterocycles. The molecule has 0 aliphatic heterocycles. The van der Waals surface area contributed by atoms with Gasteiger partial charge in [-0.05, 0) is 19.3 Å². The molecule has 0 spiro atoms. The van der Waals surface area contributed by atoms with Crippen molar-refractivity contribution in [2.24, 2.45) is 5.73 Å². The molecule has 0 rings (SSSR count). The van der Waals surface area contributed by atoms with Crippen molar-refractivity contribution in [2.75, 3.05) is 6.54 Å². The Balaban J connectivity index is 3.47. The van der Waals surface area contributed by atoms with Crippen LogP contribution in [0.3, 0.4) is 0 Å². The van der Waals surface area contributed by atoms with Crippen molar-refractivity contribution in [3.8, 4) is 0 Å². The van der Waals surface area contributed by atoms with Crippen LogP contribution in [0, 0.1) is 0 Å². The second kappa shape index (κ2) is 14.8. The van der Waals surface area contributed by atoms with Gasteiger partial charge < -0.3 is 10.5 Å². The molecule has 0 heterocycles. The molecule has 0 amide bonds. The van der Waals surface area contributed by atoms with E-state index in [4.69, 9.17) is 10.5 Å². The van der Waals surface area contributed by atoms with E-state index in [-0.39, 0.29) is 12.1 Å². The highest BCUT2D eigenvalue weighted by atomic mass is 16.5. The van der Waals surface area contributed by atoms with Crippen molar-refractivity contribution in [1.29, 1.82) is 0 Å². The smallest absolute Gasteiger partial charge is 0.306 e. The highest BCUT2D eigenvalue weighted by Gasteiger charge is 2.11. The van der Waals surface area contributed by atoms with Crippen LogP contribution in [0.15, 0.2) is 0 Å². The van der Waals surface area contributed by atoms with Gasteiger partial charge in [-0.1, -0.05) is 65.2 Å². The maximum absolute atomic E-state index is 11.5. The Kier molecular flexibility index (Phi) is 14.4. The van der Waals surface area contributed by atoms with Gasteiger partial charge in [-0.25, -0.2) is 0 Å². The fourth-order valence-corrected chi connectivity index (χ4v) is 2.30. The molecule has 2 N–H and O–H groups in total. The molecule has 0 radical (unpaired) electrons. The number of rotatable bonds is 14. The number of carbonyl (C=O) groups is 1. The lowest BCUT2D eigenvalue weighted by atomic mass is 10.1. The highest BCUT2D eigenvalue weighted by Crippen LogP contribution is 2.12. The van der Waals surface area contributed by atoms with Crippen LogP contribution in [0.4, 0.5) is 0 Å². The molecule has 0 aromatic carbocycles. The summed E-state index contributed by atoms with van der Waals surface area (Å²) in [6.07, 6.45) is 13.7. The maximum atomic E-state index is 11.5. The number of hydrogen-bond acceptors (Lipinski definition) is 3. The average molecular weight is 285 g/mol. The Morgan fingerprint density at radius 3 is 2.00 bits per heavy atom. The quantitative estimate of drug-likeness (QED) is 0.375.